The van der Waals surface area contributed by atoms with E-state index in [1.165, 1.54) is 12.1 Å². The summed E-state index contributed by atoms with van der Waals surface area (Å²) in [5, 5.41) is 11.9. The molecule has 0 amide bonds. The van der Waals surface area contributed by atoms with Crippen LogP contribution in [-0.4, -0.2) is 4.92 Å². The Kier molecular flexibility index (Phi) is 4.39. The largest absolute Gasteiger partial charge is 0.450 e. The van der Waals surface area contributed by atoms with E-state index in [0.29, 0.717) is 16.1 Å². The van der Waals surface area contributed by atoms with Crippen molar-refractivity contribution >= 4 is 33.2 Å². The maximum atomic E-state index is 11.0. The summed E-state index contributed by atoms with van der Waals surface area (Å²) in [5.41, 5.74) is 0.753. The third-order valence-corrected chi connectivity index (χ3v) is 3.29. The Labute approximate surface area is 123 Å². The quantitative estimate of drug-likeness (QED) is 0.449. The molecule has 0 aliphatic heterocycles. The van der Waals surface area contributed by atoms with Gasteiger partial charge in [-0.1, -0.05) is 45.7 Å². The van der Waals surface area contributed by atoms with Crippen molar-refractivity contribution < 1.29 is 9.66 Å². The fourth-order valence-corrected chi connectivity index (χ4v) is 2.18. The van der Waals surface area contributed by atoms with Crippen molar-refractivity contribution in [2.75, 3.05) is 0 Å². The Hall–Kier alpha value is -1.59. The monoisotopic (exact) mass is 341 g/mol. The highest BCUT2D eigenvalue weighted by atomic mass is 79.9. The van der Waals surface area contributed by atoms with Crippen molar-refractivity contribution in [2.45, 2.75) is 5.33 Å². The molecule has 0 heterocycles. The zero-order valence-electron chi connectivity index (χ0n) is 9.68. The van der Waals surface area contributed by atoms with Crippen molar-refractivity contribution in [3.8, 4) is 11.5 Å². The van der Waals surface area contributed by atoms with Gasteiger partial charge in [-0.15, -0.1) is 0 Å². The molecule has 0 spiro atoms. The van der Waals surface area contributed by atoms with Crippen LogP contribution in [0.4, 0.5) is 5.69 Å². The van der Waals surface area contributed by atoms with Gasteiger partial charge in [0.1, 0.15) is 5.75 Å². The molecule has 98 valence electrons. The van der Waals surface area contributed by atoms with Gasteiger partial charge in [0.05, 0.1) is 4.92 Å². The predicted molar refractivity (Wildman–Crippen MR) is 77.3 cm³/mol. The van der Waals surface area contributed by atoms with Gasteiger partial charge in [-0.05, 0) is 18.2 Å². The lowest BCUT2D eigenvalue weighted by Gasteiger charge is -2.09. The molecule has 0 unspecified atom stereocenters. The number of rotatable bonds is 4. The molecule has 6 heteroatoms. The Balaban J connectivity index is 2.41. The van der Waals surface area contributed by atoms with Crippen LogP contribution in [0.25, 0.3) is 0 Å². The molecule has 0 N–H and O–H groups in total. The van der Waals surface area contributed by atoms with E-state index in [-0.39, 0.29) is 11.4 Å². The summed E-state index contributed by atoms with van der Waals surface area (Å²) in [6.07, 6.45) is 0. The van der Waals surface area contributed by atoms with Crippen LogP contribution in [0.1, 0.15) is 5.56 Å². The first kappa shape index (κ1) is 13.8. The second kappa shape index (κ2) is 6.04. The summed E-state index contributed by atoms with van der Waals surface area (Å²) in [6, 6.07) is 11.6. The Morgan fingerprint density at radius 1 is 1.21 bits per heavy atom. The Bertz CT molecular complexity index is 619. The van der Waals surface area contributed by atoms with Crippen molar-refractivity contribution in [1.29, 1.82) is 0 Å². The molecule has 0 radical (unpaired) electrons. The van der Waals surface area contributed by atoms with Crippen LogP contribution in [0.3, 0.4) is 0 Å². The number of para-hydroxylation sites is 1. The minimum atomic E-state index is -0.516. The molecule has 0 fully saturated rings. The van der Waals surface area contributed by atoms with E-state index in [0.717, 1.165) is 5.56 Å². The maximum Gasteiger partial charge on any atom is 0.313 e. The Morgan fingerprint density at radius 3 is 2.63 bits per heavy atom. The molecule has 0 aliphatic carbocycles. The van der Waals surface area contributed by atoms with Gasteiger partial charge in [-0.3, -0.25) is 10.1 Å². The second-order valence-corrected chi connectivity index (χ2v) is 4.71. The molecule has 0 atom stereocenters. The average molecular weight is 343 g/mol. The van der Waals surface area contributed by atoms with Gasteiger partial charge in [-0.25, -0.2) is 0 Å². The molecule has 4 nitrogen and oxygen atoms in total. The van der Waals surface area contributed by atoms with E-state index < -0.39 is 4.92 Å². The van der Waals surface area contributed by atoms with Gasteiger partial charge in [0.15, 0.2) is 0 Å². The Morgan fingerprint density at radius 2 is 1.95 bits per heavy atom. The summed E-state index contributed by atoms with van der Waals surface area (Å²) in [4.78, 5) is 10.5. The van der Waals surface area contributed by atoms with Crippen LogP contribution < -0.4 is 4.74 Å². The molecular formula is C13H9BrClNO3. The number of nitro benzene ring substituents is 1. The van der Waals surface area contributed by atoms with E-state index in [1.807, 2.05) is 18.2 Å². The molecule has 0 saturated carbocycles. The van der Waals surface area contributed by atoms with Gasteiger partial charge in [0.25, 0.3) is 0 Å². The summed E-state index contributed by atoms with van der Waals surface area (Å²) in [7, 11) is 0. The van der Waals surface area contributed by atoms with Crippen LogP contribution in [0.2, 0.25) is 5.02 Å². The number of hydrogen-bond acceptors (Lipinski definition) is 3. The first-order chi connectivity index (χ1) is 9.11. The van der Waals surface area contributed by atoms with Crippen LogP contribution in [0.5, 0.6) is 11.5 Å². The number of nitro groups is 1. The fourth-order valence-electron chi connectivity index (χ4n) is 1.55. The number of halogens is 2. The van der Waals surface area contributed by atoms with Crippen molar-refractivity contribution in [3.63, 3.8) is 0 Å². The van der Waals surface area contributed by atoms with Gasteiger partial charge >= 0.3 is 5.69 Å². The van der Waals surface area contributed by atoms with Crippen LogP contribution in [-0.2, 0) is 5.33 Å². The number of ether oxygens (including phenoxy) is 1. The van der Waals surface area contributed by atoms with E-state index in [1.54, 1.807) is 12.1 Å². The zero-order chi connectivity index (χ0) is 13.8. The third-order valence-electron chi connectivity index (χ3n) is 2.45. The maximum absolute atomic E-state index is 11.0. The molecule has 0 aliphatic rings. The third kappa shape index (κ3) is 3.24. The van der Waals surface area contributed by atoms with Gasteiger partial charge in [-0.2, -0.15) is 0 Å². The molecule has 0 aromatic heterocycles. The molecule has 19 heavy (non-hydrogen) atoms. The topological polar surface area (TPSA) is 52.4 Å². The lowest BCUT2D eigenvalue weighted by atomic mass is 10.2. The summed E-state index contributed by atoms with van der Waals surface area (Å²) < 4.78 is 5.62. The number of hydrogen-bond donors (Lipinski definition) is 0. The van der Waals surface area contributed by atoms with E-state index in [2.05, 4.69) is 15.9 Å². The van der Waals surface area contributed by atoms with Crippen LogP contribution in [0.15, 0.2) is 42.5 Å². The first-order valence-electron chi connectivity index (χ1n) is 5.37. The van der Waals surface area contributed by atoms with Gasteiger partial charge in [0.2, 0.25) is 5.75 Å². The van der Waals surface area contributed by atoms with Gasteiger partial charge < -0.3 is 4.74 Å². The molecule has 0 bridgehead atoms. The van der Waals surface area contributed by atoms with E-state index in [4.69, 9.17) is 16.3 Å². The smallest absolute Gasteiger partial charge is 0.313 e. The highest BCUT2D eigenvalue weighted by molar-refractivity contribution is 9.08. The van der Waals surface area contributed by atoms with Crippen LogP contribution in [0, 0.1) is 10.1 Å². The van der Waals surface area contributed by atoms with Crippen molar-refractivity contribution in [1.82, 2.24) is 0 Å². The number of benzene rings is 2. The lowest BCUT2D eigenvalue weighted by Crippen LogP contribution is -1.95. The van der Waals surface area contributed by atoms with Crippen LogP contribution >= 0.6 is 27.5 Å². The van der Waals surface area contributed by atoms with Gasteiger partial charge in [0, 0.05) is 22.0 Å². The van der Waals surface area contributed by atoms with E-state index in [9.17, 15) is 10.1 Å². The minimum absolute atomic E-state index is 0.156. The predicted octanol–water partition coefficient (Wildman–Crippen LogP) is 4.94. The molecule has 2 aromatic carbocycles. The summed E-state index contributed by atoms with van der Waals surface area (Å²) >= 11 is 9.10. The molecule has 0 saturated heterocycles. The summed E-state index contributed by atoms with van der Waals surface area (Å²) in [5.74, 6) is 0.743. The molecule has 2 aromatic rings. The van der Waals surface area contributed by atoms with E-state index >= 15 is 0 Å². The normalized spacial score (nSPS) is 10.2. The first-order valence-corrected chi connectivity index (χ1v) is 6.87. The van der Waals surface area contributed by atoms with Crippen molar-refractivity contribution in [3.05, 3.63) is 63.2 Å². The standard InChI is InChI=1S/C13H9BrClNO3/c14-8-9-3-1-2-4-12(9)19-13-6-5-10(15)7-11(13)16(17)18/h1-7H,8H2. The average Bonchev–Trinajstić information content (AvgIpc) is 2.41. The minimum Gasteiger partial charge on any atom is -0.450 e. The second-order valence-electron chi connectivity index (χ2n) is 3.71. The molecular weight excluding hydrogens is 334 g/mol. The lowest BCUT2D eigenvalue weighted by molar-refractivity contribution is -0.385. The van der Waals surface area contributed by atoms with Crippen molar-refractivity contribution in [2.24, 2.45) is 0 Å². The number of nitrogens with zero attached hydrogens (tertiary/aromatic N) is 1. The zero-order valence-corrected chi connectivity index (χ0v) is 12.0. The fraction of sp³-hybridized carbons (Fsp3) is 0.0769. The highest BCUT2D eigenvalue weighted by Gasteiger charge is 2.17. The summed E-state index contributed by atoms with van der Waals surface area (Å²) in [6.45, 7) is 0. The molecule has 2 rings (SSSR count). The number of alkyl halides is 1. The SMILES string of the molecule is O=[N+]([O-])c1cc(Cl)ccc1Oc1ccccc1CBr. The highest BCUT2D eigenvalue weighted by Crippen LogP contribution is 2.35.